The maximum atomic E-state index is 12.9. The first-order chi connectivity index (χ1) is 14.9. The lowest BCUT2D eigenvalue weighted by Crippen LogP contribution is -2.43. The largest absolute Gasteiger partial charge is 0.416 e. The number of likely N-dealkylation sites (tertiary alicyclic amines) is 1. The standard InChI is InChI=1S/C25H29F3N2O/c26-25(27,28)22-10-4-6-18(15-22)14-19-11-12-23(29-16-19)21-9-5-13-30(17-21)24(31)20-7-2-1-3-8-20/h4,6,10-12,15-16,20-21H,1-3,5,7-9,13-14,17H2. The van der Waals surface area contributed by atoms with Crippen LogP contribution in [0.4, 0.5) is 13.2 Å². The summed E-state index contributed by atoms with van der Waals surface area (Å²) in [6.07, 6.45) is 5.41. The molecule has 0 N–H and O–H groups in total. The summed E-state index contributed by atoms with van der Waals surface area (Å²) in [6, 6.07) is 9.36. The number of rotatable bonds is 4. The number of nitrogens with zero attached hydrogens (tertiary/aromatic N) is 2. The number of carbonyl (C=O) groups excluding carboxylic acids is 1. The van der Waals surface area contributed by atoms with Crippen LogP contribution in [0.2, 0.25) is 0 Å². The highest BCUT2D eigenvalue weighted by Crippen LogP contribution is 2.32. The number of alkyl halides is 3. The lowest BCUT2D eigenvalue weighted by atomic mass is 9.86. The average Bonchev–Trinajstić information content (AvgIpc) is 2.79. The molecule has 3 nitrogen and oxygen atoms in total. The van der Waals surface area contributed by atoms with Crippen LogP contribution in [0.15, 0.2) is 42.6 Å². The highest BCUT2D eigenvalue weighted by atomic mass is 19.4. The molecule has 6 heteroatoms. The predicted molar refractivity (Wildman–Crippen MR) is 114 cm³/mol. The molecule has 1 saturated heterocycles. The van der Waals surface area contributed by atoms with E-state index in [2.05, 4.69) is 4.98 Å². The number of pyridine rings is 1. The van der Waals surface area contributed by atoms with Crippen molar-refractivity contribution >= 4 is 5.91 Å². The molecule has 1 atom stereocenters. The van der Waals surface area contributed by atoms with Gasteiger partial charge in [0.05, 0.1) is 5.56 Å². The Bertz CT molecular complexity index is 888. The first kappa shape index (κ1) is 21.8. The minimum atomic E-state index is -4.33. The lowest BCUT2D eigenvalue weighted by Gasteiger charge is -2.35. The van der Waals surface area contributed by atoms with Crippen molar-refractivity contribution in [2.24, 2.45) is 5.92 Å². The third-order valence-corrected chi connectivity index (χ3v) is 6.62. The first-order valence-electron chi connectivity index (χ1n) is 11.3. The third-order valence-electron chi connectivity index (χ3n) is 6.62. The molecule has 1 aliphatic heterocycles. The Balaban J connectivity index is 1.39. The van der Waals surface area contributed by atoms with E-state index in [4.69, 9.17) is 0 Å². The van der Waals surface area contributed by atoms with Crippen LogP contribution >= 0.6 is 0 Å². The summed E-state index contributed by atoms with van der Waals surface area (Å²) in [5.74, 6) is 0.727. The highest BCUT2D eigenvalue weighted by Gasteiger charge is 2.31. The minimum Gasteiger partial charge on any atom is -0.342 e. The zero-order valence-corrected chi connectivity index (χ0v) is 17.7. The number of amides is 1. The van der Waals surface area contributed by atoms with Crippen LogP contribution in [0.25, 0.3) is 0 Å². The van der Waals surface area contributed by atoms with Crippen molar-refractivity contribution in [3.63, 3.8) is 0 Å². The van der Waals surface area contributed by atoms with Crippen molar-refractivity contribution in [3.8, 4) is 0 Å². The quantitative estimate of drug-likeness (QED) is 0.598. The molecule has 1 saturated carbocycles. The summed E-state index contributed by atoms with van der Waals surface area (Å²) >= 11 is 0. The zero-order chi connectivity index (χ0) is 21.8. The summed E-state index contributed by atoms with van der Waals surface area (Å²) in [7, 11) is 0. The molecular weight excluding hydrogens is 401 g/mol. The fourth-order valence-electron chi connectivity index (χ4n) is 4.90. The van der Waals surface area contributed by atoms with E-state index in [-0.39, 0.29) is 11.8 Å². The van der Waals surface area contributed by atoms with Crippen LogP contribution in [-0.4, -0.2) is 28.9 Å². The summed E-state index contributed by atoms with van der Waals surface area (Å²) in [5.41, 5.74) is 1.84. The van der Waals surface area contributed by atoms with E-state index in [1.165, 1.54) is 18.6 Å². The van der Waals surface area contributed by atoms with Gasteiger partial charge in [0.1, 0.15) is 0 Å². The first-order valence-corrected chi connectivity index (χ1v) is 11.3. The third kappa shape index (κ3) is 5.46. The van der Waals surface area contributed by atoms with Crippen LogP contribution in [-0.2, 0) is 17.4 Å². The molecule has 2 fully saturated rings. The molecule has 2 heterocycles. The lowest BCUT2D eigenvalue weighted by molar-refractivity contribution is -0.138. The van der Waals surface area contributed by atoms with E-state index < -0.39 is 11.7 Å². The van der Waals surface area contributed by atoms with Crippen molar-refractivity contribution in [2.45, 2.75) is 63.5 Å². The maximum Gasteiger partial charge on any atom is 0.416 e. The van der Waals surface area contributed by atoms with Crippen molar-refractivity contribution in [1.82, 2.24) is 9.88 Å². The topological polar surface area (TPSA) is 33.2 Å². The number of halogens is 3. The van der Waals surface area contributed by atoms with Gasteiger partial charge >= 0.3 is 6.18 Å². The molecule has 2 aromatic rings. The number of hydrogen-bond acceptors (Lipinski definition) is 2. The van der Waals surface area contributed by atoms with E-state index in [0.29, 0.717) is 17.9 Å². The SMILES string of the molecule is O=C(C1CCCCC1)N1CCCC(c2ccc(Cc3cccc(C(F)(F)F)c3)cn2)C1. The Kier molecular flexibility index (Phi) is 6.63. The summed E-state index contributed by atoms with van der Waals surface area (Å²) in [6.45, 7) is 1.55. The molecule has 1 amide bonds. The van der Waals surface area contributed by atoms with Crippen LogP contribution in [0.3, 0.4) is 0 Å². The Hall–Kier alpha value is -2.37. The van der Waals surface area contributed by atoms with Crippen molar-refractivity contribution < 1.29 is 18.0 Å². The van der Waals surface area contributed by atoms with Crippen LogP contribution < -0.4 is 0 Å². The molecule has 2 aliphatic rings. The minimum absolute atomic E-state index is 0.190. The molecule has 4 rings (SSSR count). The monoisotopic (exact) mass is 430 g/mol. The number of hydrogen-bond donors (Lipinski definition) is 0. The molecule has 1 aliphatic carbocycles. The number of piperidine rings is 1. The van der Waals surface area contributed by atoms with Gasteiger partial charge in [0, 0.05) is 36.8 Å². The fourth-order valence-corrected chi connectivity index (χ4v) is 4.90. The van der Waals surface area contributed by atoms with Gasteiger partial charge in [-0.25, -0.2) is 0 Å². The smallest absolute Gasteiger partial charge is 0.342 e. The van der Waals surface area contributed by atoms with Crippen molar-refractivity contribution in [3.05, 3.63) is 65.0 Å². The Labute approximate surface area is 181 Å². The van der Waals surface area contributed by atoms with E-state index in [1.54, 1.807) is 12.3 Å². The van der Waals surface area contributed by atoms with Gasteiger partial charge in [-0.3, -0.25) is 9.78 Å². The second kappa shape index (κ2) is 9.41. The van der Waals surface area contributed by atoms with E-state index in [1.807, 2.05) is 17.0 Å². The normalized spacial score (nSPS) is 20.6. The number of aromatic nitrogens is 1. The molecule has 1 aromatic heterocycles. The van der Waals surface area contributed by atoms with Gasteiger partial charge < -0.3 is 4.90 Å². The summed E-state index contributed by atoms with van der Waals surface area (Å²) in [5, 5.41) is 0. The molecule has 0 radical (unpaired) electrons. The van der Waals surface area contributed by atoms with E-state index in [9.17, 15) is 18.0 Å². The average molecular weight is 431 g/mol. The molecule has 1 aromatic carbocycles. The van der Waals surface area contributed by atoms with Gasteiger partial charge in [0.2, 0.25) is 5.91 Å². The van der Waals surface area contributed by atoms with Gasteiger partial charge in [-0.05, 0) is 55.4 Å². The van der Waals surface area contributed by atoms with Gasteiger partial charge in [-0.1, -0.05) is 43.5 Å². The van der Waals surface area contributed by atoms with Crippen molar-refractivity contribution in [1.29, 1.82) is 0 Å². The molecule has 166 valence electrons. The predicted octanol–water partition coefficient (Wildman–Crippen LogP) is 5.98. The van der Waals surface area contributed by atoms with E-state index in [0.717, 1.165) is 68.9 Å². The second-order valence-electron chi connectivity index (χ2n) is 8.92. The maximum absolute atomic E-state index is 12.9. The Morgan fingerprint density at radius 1 is 1.00 bits per heavy atom. The Morgan fingerprint density at radius 3 is 2.52 bits per heavy atom. The summed E-state index contributed by atoms with van der Waals surface area (Å²) in [4.78, 5) is 19.6. The highest BCUT2D eigenvalue weighted by molar-refractivity contribution is 5.79. The molecule has 0 spiro atoms. The summed E-state index contributed by atoms with van der Waals surface area (Å²) < 4.78 is 38.8. The number of carbonyl (C=O) groups is 1. The van der Waals surface area contributed by atoms with E-state index >= 15 is 0 Å². The van der Waals surface area contributed by atoms with Crippen molar-refractivity contribution in [2.75, 3.05) is 13.1 Å². The second-order valence-corrected chi connectivity index (χ2v) is 8.92. The Morgan fingerprint density at radius 2 is 1.81 bits per heavy atom. The fraction of sp³-hybridized carbons (Fsp3) is 0.520. The van der Waals surface area contributed by atoms with Crippen LogP contribution in [0, 0.1) is 5.92 Å². The zero-order valence-electron chi connectivity index (χ0n) is 17.7. The molecule has 0 bridgehead atoms. The van der Waals surface area contributed by atoms with Gasteiger partial charge in [-0.2, -0.15) is 13.2 Å². The molecule has 1 unspecified atom stereocenters. The van der Waals surface area contributed by atoms with Crippen LogP contribution in [0.5, 0.6) is 0 Å². The van der Waals surface area contributed by atoms with Gasteiger partial charge in [-0.15, -0.1) is 0 Å². The number of benzene rings is 1. The van der Waals surface area contributed by atoms with Crippen LogP contribution in [0.1, 0.15) is 73.2 Å². The molecular formula is C25H29F3N2O. The molecule has 31 heavy (non-hydrogen) atoms. The van der Waals surface area contributed by atoms with Gasteiger partial charge in [0.15, 0.2) is 0 Å². The van der Waals surface area contributed by atoms with Gasteiger partial charge in [0.25, 0.3) is 0 Å².